The van der Waals surface area contributed by atoms with Crippen LogP contribution in [0.1, 0.15) is 164 Å². The summed E-state index contributed by atoms with van der Waals surface area (Å²) >= 11 is 0. The standard InChI is InChI=1S/2C15H22N4O4.C13H20N4O4.C9H11N3O3.C8H10N4O3.C7H8N4O3/c1-15(2,3)23-14(22)19-6-4-10(5-7-19)18-12-8-11(13(20)21)16-9-17-12;1-15(2,3)23-14(22)16-7-10-4-5-19(8-10)12-6-11(13(20)21)17-9-18-12;1-13(2,3)21-12(20)15-6-4-5-14-10-7-9(11(18)19)16-8-17-10;13-6-1-2-12(4-6)8-3-7(9(14)15)10-5-11-8;9-6(13)1-2-10-7-3-5(8(14)15)11-4-12-7;8-5(12)2-9-6-1-4(7(13)14)10-3-11-6/h8-10H,4-7H2,1-3H3,(H,20,21)(H,16,17,18);6,9-10H,4-5,7-8H2,1-3H3,(H,16,22)(H,20,21);7-8H,4-6H2,1-3H3,(H,15,20)(H,18,19)(H,14,16,17);3,5-6,13H,1-2,4H2,(H,14,15);3-4H,1-2H2,(H2,9,13)(H,14,15)(H,10,11,12);1,3H,2H2,(H2,8,12)(H,13,14)(H,9,10,11)/t;10-;;;;/m.0..../s1. The van der Waals surface area contributed by atoms with E-state index >= 15 is 0 Å². The fourth-order valence-electron chi connectivity index (χ4n) is 9.28. The summed E-state index contributed by atoms with van der Waals surface area (Å²) in [5.41, 5.74) is 7.86. The number of primary amides is 2. The number of nitrogens with two attached hydrogens (primary N) is 2. The highest BCUT2D eigenvalue weighted by Gasteiger charge is 2.29. The van der Waals surface area contributed by atoms with Gasteiger partial charge >= 0.3 is 54.1 Å². The number of rotatable bonds is 24. The molecule has 5 amide bonds. The Balaban J connectivity index is 0.000000284. The Hall–Kier alpha value is -13.2. The van der Waals surface area contributed by atoms with E-state index < -0.39 is 76.6 Å². The van der Waals surface area contributed by atoms with Crippen LogP contribution in [0.3, 0.4) is 0 Å². The summed E-state index contributed by atoms with van der Waals surface area (Å²) in [5.74, 6) is -4.69. The lowest BCUT2D eigenvalue weighted by Gasteiger charge is -2.33. The number of aromatic carboxylic acids is 6. The van der Waals surface area contributed by atoms with Crippen LogP contribution in [-0.4, -0.2) is 267 Å². The molecule has 2 atom stereocenters. The van der Waals surface area contributed by atoms with Gasteiger partial charge in [-0.2, -0.15) is 0 Å². The van der Waals surface area contributed by atoms with Crippen molar-refractivity contribution in [1.29, 1.82) is 0 Å². The number of nitrogens with one attached hydrogen (secondary N) is 6. The van der Waals surface area contributed by atoms with Gasteiger partial charge in [-0.15, -0.1) is 0 Å². The number of amides is 5. The molecule has 0 aliphatic carbocycles. The number of aromatic nitrogens is 12. The van der Waals surface area contributed by atoms with E-state index in [1.54, 1.807) is 25.7 Å². The van der Waals surface area contributed by atoms with E-state index in [1.807, 2.05) is 51.3 Å². The van der Waals surface area contributed by atoms with Crippen LogP contribution in [0.25, 0.3) is 0 Å². The Morgan fingerprint density at radius 1 is 0.432 bits per heavy atom. The molecule has 3 aliphatic rings. The first kappa shape index (κ1) is 90.2. The normalized spacial score (nSPS) is 14.3. The van der Waals surface area contributed by atoms with Crippen LogP contribution in [0.5, 0.6) is 0 Å². The third-order valence-electron chi connectivity index (χ3n) is 14.3. The van der Waals surface area contributed by atoms with Crippen molar-refractivity contribution < 1.29 is 103 Å². The van der Waals surface area contributed by atoms with Gasteiger partial charge in [-0.25, -0.2) is 103 Å². The van der Waals surface area contributed by atoms with Gasteiger partial charge in [0.25, 0.3) is 0 Å². The Bertz CT molecular complexity index is 4120. The van der Waals surface area contributed by atoms with Gasteiger partial charge in [0.1, 0.15) is 89.7 Å². The second kappa shape index (κ2) is 44.2. The van der Waals surface area contributed by atoms with Gasteiger partial charge in [-0.05, 0) is 100 Å². The average Bonchev–Trinajstić information content (AvgIpc) is 1.82. The molecule has 6 aromatic rings. The number of ether oxygens (including phenoxy) is 3. The van der Waals surface area contributed by atoms with Crippen molar-refractivity contribution in [3.63, 3.8) is 0 Å². The predicted molar refractivity (Wildman–Crippen MR) is 393 cm³/mol. The highest BCUT2D eigenvalue weighted by atomic mass is 16.6. The molecular formula is C67H93N23O21. The molecule has 6 aromatic heterocycles. The van der Waals surface area contributed by atoms with Crippen LogP contribution in [-0.2, 0) is 23.8 Å². The number of β-amino-alcohol motifs (C(OH)–C–C–N with tert-alkyl or cyclic N) is 1. The van der Waals surface area contributed by atoms with E-state index in [-0.39, 0.29) is 77.1 Å². The number of likely N-dealkylation sites (tertiary alicyclic amines) is 1. The highest BCUT2D eigenvalue weighted by Crippen LogP contribution is 2.24. The summed E-state index contributed by atoms with van der Waals surface area (Å²) in [6, 6.07) is 8.26. The maximum atomic E-state index is 12.0. The fourth-order valence-corrected chi connectivity index (χ4v) is 9.28. The average molecular weight is 1560 g/mol. The summed E-state index contributed by atoms with van der Waals surface area (Å²) < 4.78 is 15.6. The largest absolute Gasteiger partial charge is 0.477 e. The molecule has 111 heavy (non-hydrogen) atoms. The number of piperidine rings is 1. The van der Waals surface area contributed by atoms with Crippen LogP contribution in [0.15, 0.2) is 74.4 Å². The molecule has 3 aliphatic heterocycles. The van der Waals surface area contributed by atoms with Crippen molar-refractivity contribution in [1.82, 2.24) is 75.3 Å². The number of aliphatic hydroxyl groups excluding tert-OH is 1. The monoisotopic (exact) mass is 1560 g/mol. The van der Waals surface area contributed by atoms with Crippen molar-refractivity contribution in [2.45, 2.75) is 130 Å². The fraction of sp³-hybridized carbons (Fsp3) is 0.478. The minimum Gasteiger partial charge on any atom is -0.477 e. The number of nitrogens with zero attached hydrogens (tertiary/aromatic N) is 15. The molecule has 0 bridgehead atoms. The van der Waals surface area contributed by atoms with Crippen LogP contribution in [0.2, 0.25) is 0 Å². The van der Waals surface area contributed by atoms with E-state index in [0.717, 1.165) is 38.5 Å². The van der Waals surface area contributed by atoms with Gasteiger partial charge in [0.2, 0.25) is 11.8 Å². The number of alkyl carbamates (subject to hydrolysis) is 2. The smallest absolute Gasteiger partial charge is 0.410 e. The van der Waals surface area contributed by atoms with E-state index in [9.17, 15) is 57.8 Å². The van der Waals surface area contributed by atoms with Crippen molar-refractivity contribution in [3.8, 4) is 0 Å². The molecule has 9 rings (SSSR count). The Morgan fingerprint density at radius 2 is 0.811 bits per heavy atom. The molecule has 1 unspecified atom stereocenters. The molecule has 0 aromatic carbocycles. The number of anilines is 6. The Labute approximate surface area is 635 Å². The van der Waals surface area contributed by atoms with Gasteiger partial charge in [0.05, 0.1) is 12.6 Å². The second-order valence-corrected chi connectivity index (χ2v) is 26.9. The minimum atomic E-state index is -1.16. The quantitative estimate of drug-likeness (QED) is 0.0305. The first-order valence-electron chi connectivity index (χ1n) is 34.1. The summed E-state index contributed by atoms with van der Waals surface area (Å²) in [4.78, 5) is 171. The van der Waals surface area contributed by atoms with Gasteiger partial charge in [-0.3, -0.25) is 9.59 Å². The maximum absolute atomic E-state index is 12.0. The summed E-state index contributed by atoms with van der Waals surface area (Å²) in [6.07, 6.45) is 9.44. The highest BCUT2D eigenvalue weighted by molar-refractivity contribution is 5.89. The van der Waals surface area contributed by atoms with Gasteiger partial charge in [0, 0.05) is 114 Å². The molecular weight excluding hydrogens is 1460 g/mol. The topological polar surface area (TPSA) is 646 Å². The molecule has 0 radical (unpaired) electrons. The van der Waals surface area contributed by atoms with Gasteiger partial charge in [-0.1, -0.05) is 0 Å². The summed E-state index contributed by atoms with van der Waals surface area (Å²) in [5, 5.41) is 78.8. The lowest BCUT2D eigenvalue weighted by molar-refractivity contribution is -0.118. The third-order valence-corrected chi connectivity index (χ3v) is 14.3. The zero-order valence-electron chi connectivity index (χ0n) is 62.4. The number of carboxylic acid groups (broad SMARTS) is 6. The SMILES string of the molecule is CC(C)(C)OC(=O)N1CCC(Nc2cc(C(=O)O)ncn2)CC1.CC(C)(C)OC(=O)NCCCNc1cc(C(=O)O)ncn1.CC(C)(C)OC(=O)NC[C@@H]1CCN(c2cc(C(=O)O)ncn2)C1.NC(=O)CCNc1cc(C(=O)O)ncn1.NC(=O)CNc1cc(C(=O)O)ncn1.O=C(O)c1cc(N2CCC(O)C2)ncn1. The van der Waals surface area contributed by atoms with Gasteiger partial charge in [0.15, 0.2) is 34.2 Å². The molecule has 3 fully saturated rings. The maximum Gasteiger partial charge on any atom is 0.410 e. The molecule has 17 N–H and O–H groups in total. The van der Waals surface area contributed by atoms with Crippen molar-refractivity contribution in [2.75, 3.05) is 103 Å². The lowest BCUT2D eigenvalue weighted by Crippen LogP contribution is -2.44. The number of aliphatic hydroxyl groups is 1. The van der Waals surface area contributed by atoms with Crippen molar-refractivity contribution in [2.24, 2.45) is 17.4 Å². The van der Waals surface area contributed by atoms with Crippen LogP contribution < -0.4 is 53.2 Å². The van der Waals surface area contributed by atoms with Crippen LogP contribution in [0.4, 0.5) is 49.3 Å². The first-order valence-corrected chi connectivity index (χ1v) is 34.1. The molecule has 9 heterocycles. The second-order valence-electron chi connectivity index (χ2n) is 26.9. The van der Waals surface area contributed by atoms with Crippen molar-refractivity contribution in [3.05, 3.63) is 109 Å². The number of hydrogen-bond acceptors (Lipinski definition) is 33. The molecule has 602 valence electrons. The van der Waals surface area contributed by atoms with E-state index in [1.165, 1.54) is 61.7 Å². The number of carbonyl (C=O) groups excluding carboxylic acids is 5. The van der Waals surface area contributed by atoms with Crippen LogP contribution >= 0.6 is 0 Å². The summed E-state index contributed by atoms with van der Waals surface area (Å²) in [7, 11) is 0. The molecule has 0 spiro atoms. The van der Waals surface area contributed by atoms with Crippen LogP contribution in [0, 0.1) is 5.92 Å². The number of hydrogen-bond donors (Lipinski definition) is 15. The van der Waals surface area contributed by atoms with E-state index in [2.05, 4.69) is 91.7 Å². The van der Waals surface area contributed by atoms with E-state index in [4.69, 9.17) is 56.3 Å². The molecule has 3 saturated heterocycles. The Kier molecular flexibility index (Phi) is 35.9. The molecule has 44 heteroatoms. The van der Waals surface area contributed by atoms with Crippen molar-refractivity contribution >= 4 is 101 Å². The zero-order valence-corrected chi connectivity index (χ0v) is 62.4. The predicted octanol–water partition coefficient (Wildman–Crippen LogP) is 3.29. The lowest BCUT2D eigenvalue weighted by atomic mass is 10.1. The third kappa shape index (κ3) is 36.8. The van der Waals surface area contributed by atoms with E-state index in [0.29, 0.717) is 101 Å². The number of carbonyl (C=O) groups is 11. The molecule has 0 saturated carbocycles. The zero-order chi connectivity index (χ0) is 82.6. The first-order chi connectivity index (χ1) is 52.1. The Morgan fingerprint density at radius 3 is 1.22 bits per heavy atom. The summed E-state index contributed by atoms with van der Waals surface area (Å²) in [6.45, 7) is 21.9. The molecule has 44 nitrogen and oxygen atoms in total. The number of carboxylic acids is 6. The van der Waals surface area contributed by atoms with Gasteiger partial charge < -0.3 is 108 Å². The minimum absolute atomic E-state index is 0.0228.